The Bertz CT molecular complexity index is 441. The van der Waals surface area contributed by atoms with Crippen LogP contribution >= 0.6 is 15.9 Å². The van der Waals surface area contributed by atoms with Crippen LogP contribution in [0.1, 0.15) is 42.5 Å². The Balaban J connectivity index is 2.23. The van der Waals surface area contributed by atoms with Crippen molar-refractivity contribution in [3.8, 4) is 0 Å². The Morgan fingerprint density at radius 3 is 2.56 bits per heavy atom. The Labute approximate surface area is 116 Å². The number of rotatable bonds is 3. The summed E-state index contributed by atoms with van der Waals surface area (Å²) >= 11 is 3.38. The molecular weight excluding hydrogens is 294 g/mol. The summed E-state index contributed by atoms with van der Waals surface area (Å²) < 4.78 is 0.819. The second kappa shape index (κ2) is 5.74. The van der Waals surface area contributed by atoms with Crippen LogP contribution in [0.4, 0.5) is 5.69 Å². The van der Waals surface area contributed by atoms with E-state index >= 15 is 0 Å². The summed E-state index contributed by atoms with van der Waals surface area (Å²) in [6.07, 6.45) is 6.27. The van der Waals surface area contributed by atoms with Crippen molar-refractivity contribution >= 4 is 27.6 Å². The van der Waals surface area contributed by atoms with Gasteiger partial charge in [-0.05, 0) is 31.0 Å². The van der Waals surface area contributed by atoms with Gasteiger partial charge in [-0.15, -0.1) is 0 Å². The van der Waals surface area contributed by atoms with E-state index in [1.165, 1.54) is 32.1 Å². The predicted molar refractivity (Wildman–Crippen MR) is 76.4 cm³/mol. The van der Waals surface area contributed by atoms with Crippen LogP contribution < -0.4 is 4.90 Å². The molecule has 1 aliphatic rings. The second-order valence-electron chi connectivity index (χ2n) is 4.91. The molecule has 0 aromatic heterocycles. The van der Waals surface area contributed by atoms with E-state index in [1.807, 2.05) is 6.07 Å². The number of hydrogen-bond acceptors (Lipinski definition) is 2. The molecule has 2 rings (SSSR count). The molecule has 0 heterocycles. The van der Waals surface area contributed by atoms with Crippen LogP contribution in [0.15, 0.2) is 22.7 Å². The van der Waals surface area contributed by atoms with Crippen LogP contribution in [0, 0.1) is 0 Å². The van der Waals surface area contributed by atoms with E-state index in [-0.39, 0.29) is 0 Å². The van der Waals surface area contributed by atoms with Crippen molar-refractivity contribution in [1.82, 2.24) is 0 Å². The number of benzene rings is 1. The highest BCUT2D eigenvalue weighted by Crippen LogP contribution is 2.28. The van der Waals surface area contributed by atoms with E-state index in [2.05, 4.69) is 27.9 Å². The minimum Gasteiger partial charge on any atom is -0.478 e. The van der Waals surface area contributed by atoms with Gasteiger partial charge in [-0.25, -0.2) is 4.79 Å². The van der Waals surface area contributed by atoms with Crippen molar-refractivity contribution in [2.45, 2.75) is 38.1 Å². The minimum absolute atomic E-state index is 0.335. The number of aromatic carboxylic acids is 1. The van der Waals surface area contributed by atoms with E-state index in [9.17, 15) is 4.79 Å². The zero-order valence-electron chi connectivity index (χ0n) is 10.5. The highest BCUT2D eigenvalue weighted by molar-refractivity contribution is 9.10. The van der Waals surface area contributed by atoms with Crippen molar-refractivity contribution < 1.29 is 9.90 Å². The van der Waals surface area contributed by atoms with Crippen molar-refractivity contribution in [2.75, 3.05) is 11.9 Å². The number of halogens is 1. The number of carbonyl (C=O) groups is 1. The summed E-state index contributed by atoms with van der Waals surface area (Å²) in [6.45, 7) is 0. The third-order valence-corrected chi connectivity index (χ3v) is 4.12. The fourth-order valence-corrected chi connectivity index (χ4v) is 3.06. The van der Waals surface area contributed by atoms with Gasteiger partial charge in [0.1, 0.15) is 0 Å². The van der Waals surface area contributed by atoms with E-state index in [1.54, 1.807) is 12.1 Å². The molecule has 0 saturated heterocycles. The Morgan fingerprint density at radius 1 is 1.28 bits per heavy atom. The smallest absolute Gasteiger partial charge is 0.335 e. The molecule has 0 unspecified atom stereocenters. The molecule has 0 spiro atoms. The molecule has 1 saturated carbocycles. The van der Waals surface area contributed by atoms with E-state index < -0.39 is 5.97 Å². The van der Waals surface area contributed by atoms with E-state index in [0.717, 1.165) is 10.2 Å². The fraction of sp³-hybridized carbons (Fsp3) is 0.500. The molecule has 0 atom stereocenters. The molecule has 18 heavy (non-hydrogen) atoms. The monoisotopic (exact) mass is 311 g/mol. The quantitative estimate of drug-likeness (QED) is 0.920. The maximum Gasteiger partial charge on any atom is 0.335 e. The molecule has 3 nitrogen and oxygen atoms in total. The van der Waals surface area contributed by atoms with E-state index in [4.69, 9.17) is 5.11 Å². The van der Waals surface area contributed by atoms with Crippen LogP contribution in [-0.2, 0) is 0 Å². The Kier molecular flexibility index (Phi) is 4.27. The summed E-state index contributed by atoms with van der Waals surface area (Å²) in [4.78, 5) is 13.3. The molecular formula is C14H18BrNO2. The van der Waals surface area contributed by atoms with Crippen molar-refractivity contribution in [2.24, 2.45) is 0 Å². The van der Waals surface area contributed by atoms with Crippen molar-refractivity contribution in [1.29, 1.82) is 0 Å². The average Bonchev–Trinajstić information content (AvgIpc) is 2.38. The Morgan fingerprint density at radius 2 is 1.94 bits per heavy atom. The van der Waals surface area contributed by atoms with Gasteiger partial charge < -0.3 is 10.0 Å². The lowest BCUT2D eigenvalue weighted by molar-refractivity contribution is 0.0697. The number of carboxylic acids is 1. The van der Waals surface area contributed by atoms with Crippen molar-refractivity contribution in [3.05, 3.63) is 28.2 Å². The van der Waals surface area contributed by atoms with Crippen LogP contribution in [0.25, 0.3) is 0 Å². The van der Waals surface area contributed by atoms with Gasteiger partial charge in [0.15, 0.2) is 0 Å². The first-order valence-corrected chi connectivity index (χ1v) is 7.14. The minimum atomic E-state index is -0.880. The predicted octanol–water partition coefficient (Wildman–Crippen LogP) is 3.92. The van der Waals surface area contributed by atoms with Gasteiger partial charge in [0.05, 0.1) is 5.56 Å². The van der Waals surface area contributed by atoms with Gasteiger partial charge in [-0.1, -0.05) is 35.2 Å². The fourth-order valence-electron chi connectivity index (χ4n) is 2.58. The molecule has 1 N–H and O–H groups in total. The molecule has 0 radical (unpaired) electrons. The van der Waals surface area contributed by atoms with Gasteiger partial charge >= 0.3 is 5.97 Å². The highest BCUT2D eigenvalue weighted by atomic mass is 79.9. The summed E-state index contributed by atoms with van der Waals surface area (Å²) in [5.74, 6) is -0.880. The molecule has 1 fully saturated rings. The number of nitrogens with zero attached hydrogens (tertiary/aromatic N) is 1. The molecule has 1 aromatic rings. The summed E-state index contributed by atoms with van der Waals surface area (Å²) in [6, 6.07) is 5.92. The third-order valence-electron chi connectivity index (χ3n) is 3.66. The molecule has 0 amide bonds. The lowest BCUT2D eigenvalue weighted by Crippen LogP contribution is -2.33. The molecule has 0 bridgehead atoms. The van der Waals surface area contributed by atoms with Crippen LogP contribution in [0.2, 0.25) is 0 Å². The average molecular weight is 312 g/mol. The number of hydrogen-bond donors (Lipinski definition) is 1. The summed E-state index contributed by atoms with van der Waals surface area (Å²) in [5, 5.41) is 9.09. The van der Waals surface area contributed by atoms with Gasteiger partial charge in [0.2, 0.25) is 0 Å². The standard InChI is InChI=1S/C14H18BrNO2/c1-16(12-5-3-2-4-6-12)13-8-10(14(17)18)7-11(15)9-13/h7-9,12H,2-6H2,1H3,(H,17,18). The maximum absolute atomic E-state index is 11.1. The molecule has 4 heteroatoms. The maximum atomic E-state index is 11.1. The first kappa shape index (κ1) is 13.4. The molecule has 0 aliphatic heterocycles. The zero-order chi connectivity index (χ0) is 13.1. The highest BCUT2D eigenvalue weighted by Gasteiger charge is 2.19. The number of carboxylic acid groups (broad SMARTS) is 1. The SMILES string of the molecule is CN(c1cc(Br)cc(C(=O)O)c1)C1CCCCC1. The molecule has 1 aliphatic carbocycles. The zero-order valence-corrected chi connectivity index (χ0v) is 12.1. The van der Waals surface area contributed by atoms with Gasteiger partial charge in [0.25, 0.3) is 0 Å². The molecule has 98 valence electrons. The summed E-state index contributed by atoms with van der Waals surface area (Å²) in [7, 11) is 2.06. The van der Waals surface area contributed by atoms with Gasteiger partial charge in [0, 0.05) is 23.2 Å². The Hall–Kier alpha value is -1.03. The summed E-state index contributed by atoms with van der Waals surface area (Å²) in [5.41, 5.74) is 1.32. The van der Waals surface area contributed by atoms with Crippen LogP contribution in [-0.4, -0.2) is 24.2 Å². The number of anilines is 1. The second-order valence-corrected chi connectivity index (χ2v) is 5.82. The lowest BCUT2D eigenvalue weighted by Gasteiger charge is -2.33. The topological polar surface area (TPSA) is 40.5 Å². The van der Waals surface area contributed by atoms with Crippen LogP contribution in [0.3, 0.4) is 0 Å². The van der Waals surface area contributed by atoms with E-state index in [0.29, 0.717) is 11.6 Å². The van der Waals surface area contributed by atoms with Crippen molar-refractivity contribution in [3.63, 3.8) is 0 Å². The third kappa shape index (κ3) is 3.05. The van der Waals surface area contributed by atoms with Gasteiger partial charge in [-0.2, -0.15) is 0 Å². The largest absolute Gasteiger partial charge is 0.478 e. The first-order chi connectivity index (χ1) is 8.58. The lowest BCUT2D eigenvalue weighted by atomic mass is 9.94. The first-order valence-electron chi connectivity index (χ1n) is 6.34. The van der Waals surface area contributed by atoms with Gasteiger partial charge in [-0.3, -0.25) is 0 Å². The molecule has 1 aromatic carbocycles. The normalized spacial score (nSPS) is 16.6. The van der Waals surface area contributed by atoms with Crippen LogP contribution in [0.5, 0.6) is 0 Å².